The van der Waals surface area contributed by atoms with Crippen molar-refractivity contribution in [2.24, 2.45) is 0 Å². The highest BCUT2D eigenvalue weighted by Crippen LogP contribution is 2.21. The topological polar surface area (TPSA) is 37.2 Å². The van der Waals surface area contributed by atoms with Crippen LogP contribution in [0, 0.1) is 13.8 Å². The molecule has 1 saturated heterocycles. The molecule has 5 nitrogen and oxygen atoms in total. The summed E-state index contributed by atoms with van der Waals surface area (Å²) in [6.07, 6.45) is 5.46. The summed E-state index contributed by atoms with van der Waals surface area (Å²) in [4.78, 5) is 14.8. The van der Waals surface area contributed by atoms with E-state index in [9.17, 15) is 0 Å². The first-order chi connectivity index (χ1) is 15.5. The molecule has 1 atom stereocenters. The van der Waals surface area contributed by atoms with Crippen LogP contribution in [0.5, 0.6) is 0 Å². The predicted molar refractivity (Wildman–Crippen MR) is 134 cm³/mol. The van der Waals surface area contributed by atoms with E-state index in [2.05, 4.69) is 91.5 Å². The molecule has 0 spiro atoms. The SMILES string of the molecule is CCc1nc2c(C)cc(C)nc2n1Cc1ccc(C=CCN2CCN(CC)C(C)C2)cc1. The Morgan fingerprint density at radius 2 is 1.84 bits per heavy atom. The summed E-state index contributed by atoms with van der Waals surface area (Å²) in [6, 6.07) is 11.7. The molecule has 3 aromatic rings. The van der Waals surface area contributed by atoms with Crippen molar-refractivity contribution >= 4 is 17.2 Å². The summed E-state index contributed by atoms with van der Waals surface area (Å²) < 4.78 is 2.28. The molecule has 32 heavy (non-hydrogen) atoms. The Morgan fingerprint density at radius 3 is 2.53 bits per heavy atom. The minimum atomic E-state index is 0.649. The standard InChI is InChI=1S/C27H37N5/c1-6-25-29-26-20(3)17-21(4)28-27(26)32(25)19-24-12-10-23(11-13-24)9-8-14-30-15-16-31(7-2)22(5)18-30/h8-13,17,22H,6-7,14-16,18-19H2,1-5H3. The molecule has 0 N–H and O–H groups in total. The fourth-order valence-electron chi connectivity index (χ4n) is 4.85. The van der Waals surface area contributed by atoms with Crippen molar-refractivity contribution in [2.45, 2.75) is 53.6 Å². The molecular weight excluding hydrogens is 394 g/mol. The molecule has 1 aromatic carbocycles. The van der Waals surface area contributed by atoms with Crippen LogP contribution in [0.15, 0.2) is 36.4 Å². The highest BCUT2D eigenvalue weighted by Gasteiger charge is 2.21. The molecule has 4 rings (SSSR count). The van der Waals surface area contributed by atoms with Crippen LogP contribution < -0.4 is 0 Å². The molecule has 0 bridgehead atoms. The molecule has 1 aliphatic heterocycles. The van der Waals surface area contributed by atoms with Crippen molar-refractivity contribution in [3.05, 3.63) is 64.6 Å². The molecule has 1 unspecified atom stereocenters. The number of piperazine rings is 1. The maximum atomic E-state index is 4.87. The Labute approximate surface area is 192 Å². The Hall–Kier alpha value is -2.50. The maximum absolute atomic E-state index is 4.87. The fraction of sp³-hybridized carbons (Fsp3) is 0.481. The first-order valence-corrected chi connectivity index (χ1v) is 12.0. The Balaban J connectivity index is 1.42. The second-order valence-electron chi connectivity index (χ2n) is 9.10. The molecule has 0 amide bonds. The van der Waals surface area contributed by atoms with Crippen molar-refractivity contribution in [2.75, 3.05) is 32.7 Å². The zero-order valence-corrected chi connectivity index (χ0v) is 20.3. The molecule has 0 radical (unpaired) electrons. The number of nitrogens with zero attached hydrogens (tertiary/aromatic N) is 5. The summed E-state index contributed by atoms with van der Waals surface area (Å²) in [5.41, 5.74) is 6.81. The van der Waals surface area contributed by atoms with E-state index in [1.807, 2.05) is 0 Å². The van der Waals surface area contributed by atoms with Gasteiger partial charge in [-0.15, -0.1) is 0 Å². The molecule has 2 aromatic heterocycles. The monoisotopic (exact) mass is 431 g/mol. The smallest absolute Gasteiger partial charge is 0.160 e. The van der Waals surface area contributed by atoms with Crippen LogP contribution in [-0.4, -0.2) is 63.1 Å². The zero-order chi connectivity index (χ0) is 22.7. The van der Waals surface area contributed by atoms with Crippen LogP contribution in [0.25, 0.3) is 17.2 Å². The van der Waals surface area contributed by atoms with Gasteiger partial charge in [-0.1, -0.05) is 50.3 Å². The number of hydrogen-bond donors (Lipinski definition) is 0. The van der Waals surface area contributed by atoms with Gasteiger partial charge in [0.25, 0.3) is 0 Å². The lowest BCUT2D eigenvalue weighted by molar-refractivity contribution is 0.0962. The average molecular weight is 432 g/mol. The van der Waals surface area contributed by atoms with Crippen molar-refractivity contribution in [1.29, 1.82) is 0 Å². The third-order valence-electron chi connectivity index (χ3n) is 6.67. The van der Waals surface area contributed by atoms with Crippen LogP contribution >= 0.6 is 0 Å². The van der Waals surface area contributed by atoms with E-state index in [0.29, 0.717) is 6.04 Å². The Kier molecular flexibility index (Phi) is 7.07. The maximum Gasteiger partial charge on any atom is 0.160 e. The van der Waals surface area contributed by atoms with Gasteiger partial charge in [0.05, 0.1) is 6.54 Å². The third kappa shape index (κ3) is 4.94. The largest absolute Gasteiger partial charge is 0.308 e. The summed E-state index contributed by atoms with van der Waals surface area (Å²) in [7, 11) is 0. The normalized spacial score (nSPS) is 18.2. The minimum absolute atomic E-state index is 0.649. The third-order valence-corrected chi connectivity index (χ3v) is 6.67. The molecule has 0 aliphatic carbocycles. The minimum Gasteiger partial charge on any atom is -0.308 e. The molecule has 5 heteroatoms. The van der Waals surface area contributed by atoms with Gasteiger partial charge in [0.15, 0.2) is 5.65 Å². The number of pyridine rings is 1. The van der Waals surface area contributed by atoms with Gasteiger partial charge in [-0.05, 0) is 50.1 Å². The van der Waals surface area contributed by atoms with Crippen molar-refractivity contribution < 1.29 is 0 Å². The lowest BCUT2D eigenvalue weighted by atomic mass is 10.1. The van der Waals surface area contributed by atoms with Crippen molar-refractivity contribution in [3.8, 4) is 0 Å². The van der Waals surface area contributed by atoms with E-state index in [0.717, 1.165) is 61.8 Å². The Morgan fingerprint density at radius 1 is 1.06 bits per heavy atom. The lowest BCUT2D eigenvalue weighted by Crippen LogP contribution is -2.51. The number of benzene rings is 1. The number of hydrogen-bond acceptors (Lipinski definition) is 4. The van der Waals surface area contributed by atoms with Crippen LogP contribution in [0.4, 0.5) is 0 Å². The first-order valence-electron chi connectivity index (χ1n) is 12.0. The second kappa shape index (κ2) is 9.97. The van der Waals surface area contributed by atoms with Crippen LogP contribution in [0.3, 0.4) is 0 Å². The molecule has 3 heterocycles. The molecule has 0 saturated carbocycles. The lowest BCUT2D eigenvalue weighted by Gasteiger charge is -2.38. The van der Waals surface area contributed by atoms with Gasteiger partial charge in [0, 0.05) is 44.3 Å². The van der Waals surface area contributed by atoms with E-state index in [-0.39, 0.29) is 0 Å². The number of aromatic nitrogens is 3. The fourth-order valence-corrected chi connectivity index (χ4v) is 4.85. The van der Waals surface area contributed by atoms with Crippen molar-refractivity contribution in [1.82, 2.24) is 24.3 Å². The number of likely N-dealkylation sites (N-methyl/N-ethyl adjacent to an activating group) is 1. The second-order valence-corrected chi connectivity index (χ2v) is 9.10. The Bertz CT molecular complexity index is 1080. The summed E-state index contributed by atoms with van der Waals surface area (Å²) >= 11 is 0. The summed E-state index contributed by atoms with van der Waals surface area (Å²) in [5, 5.41) is 0. The quantitative estimate of drug-likeness (QED) is 0.543. The van der Waals surface area contributed by atoms with Crippen LogP contribution in [0.1, 0.15) is 49.0 Å². The number of imidazole rings is 1. The van der Waals surface area contributed by atoms with Gasteiger partial charge in [-0.3, -0.25) is 9.80 Å². The summed E-state index contributed by atoms with van der Waals surface area (Å²) in [6.45, 7) is 17.4. The summed E-state index contributed by atoms with van der Waals surface area (Å²) in [5.74, 6) is 1.10. The highest BCUT2D eigenvalue weighted by molar-refractivity contribution is 5.76. The van der Waals surface area contributed by atoms with E-state index in [1.54, 1.807) is 0 Å². The van der Waals surface area contributed by atoms with E-state index >= 15 is 0 Å². The molecule has 1 aliphatic rings. The molecule has 170 valence electrons. The number of fused-ring (bicyclic) bond motifs is 1. The van der Waals surface area contributed by atoms with Gasteiger partial charge in [0.1, 0.15) is 11.3 Å². The van der Waals surface area contributed by atoms with Gasteiger partial charge < -0.3 is 4.57 Å². The van der Waals surface area contributed by atoms with E-state index in [1.165, 1.54) is 23.2 Å². The number of rotatable bonds is 7. The van der Waals surface area contributed by atoms with E-state index < -0.39 is 0 Å². The van der Waals surface area contributed by atoms with Gasteiger partial charge in [0.2, 0.25) is 0 Å². The van der Waals surface area contributed by atoms with Gasteiger partial charge in [-0.2, -0.15) is 0 Å². The molecule has 1 fully saturated rings. The predicted octanol–water partition coefficient (Wildman–Crippen LogP) is 4.70. The van der Waals surface area contributed by atoms with E-state index in [4.69, 9.17) is 9.97 Å². The average Bonchev–Trinajstić information content (AvgIpc) is 3.13. The number of aryl methyl sites for hydroxylation is 3. The highest BCUT2D eigenvalue weighted by atomic mass is 15.3. The van der Waals surface area contributed by atoms with Gasteiger partial charge in [-0.25, -0.2) is 9.97 Å². The van der Waals surface area contributed by atoms with Gasteiger partial charge >= 0.3 is 0 Å². The van der Waals surface area contributed by atoms with Crippen LogP contribution in [-0.2, 0) is 13.0 Å². The molecular formula is C27H37N5. The zero-order valence-electron chi connectivity index (χ0n) is 20.3. The van der Waals surface area contributed by atoms with Crippen LogP contribution in [0.2, 0.25) is 0 Å². The van der Waals surface area contributed by atoms with Crippen molar-refractivity contribution in [3.63, 3.8) is 0 Å². The first kappa shape index (κ1) is 22.7.